The highest BCUT2D eigenvalue weighted by molar-refractivity contribution is 7.99. The Kier molecular flexibility index (Phi) is 6.66. The second kappa shape index (κ2) is 10.0. The topological polar surface area (TPSA) is 76.9 Å². The normalized spacial score (nSPS) is 11.2. The zero-order valence-corrected chi connectivity index (χ0v) is 20.7. The molecule has 1 N–H and O–H groups in total. The number of nitrogens with zero attached hydrogens (tertiary/aromatic N) is 3. The number of nitrogens with one attached hydrogen (secondary N) is 1. The van der Waals surface area contributed by atoms with E-state index in [1.807, 2.05) is 73.0 Å². The zero-order valence-electron chi connectivity index (χ0n) is 18.2. The summed E-state index contributed by atoms with van der Waals surface area (Å²) in [5.41, 5.74) is 2.26. The minimum atomic E-state index is -0.152. The molecule has 0 bridgehead atoms. The van der Waals surface area contributed by atoms with Crippen molar-refractivity contribution in [2.24, 2.45) is 0 Å². The van der Waals surface area contributed by atoms with Crippen molar-refractivity contribution in [2.75, 3.05) is 17.3 Å². The molecule has 2 aromatic carbocycles. The summed E-state index contributed by atoms with van der Waals surface area (Å²) in [7, 11) is 0. The third-order valence-electron chi connectivity index (χ3n) is 5.19. The molecule has 0 fully saturated rings. The largest absolute Gasteiger partial charge is 0.325 e. The summed E-state index contributed by atoms with van der Waals surface area (Å²) in [5.74, 6) is -0.0167. The van der Waals surface area contributed by atoms with Crippen LogP contribution >= 0.6 is 34.9 Å². The first-order chi connectivity index (χ1) is 16.6. The fraction of sp³-hybridized carbons (Fsp3) is 0.120. The van der Waals surface area contributed by atoms with E-state index in [-0.39, 0.29) is 17.2 Å². The molecule has 1 amide bonds. The minimum Gasteiger partial charge on any atom is -0.325 e. The van der Waals surface area contributed by atoms with Gasteiger partial charge in [0.05, 0.1) is 17.8 Å². The van der Waals surface area contributed by atoms with Gasteiger partial charge >= 0.3 is 0 Å². The van der Waals surface area contributed by atoms with Gasteiger partial charge in [0.25, 0.3) is 5.56 Å². The van der Waals surface area contributed by atoms with Crippen LogP contribution in [0.5, 0.6) is 0 Å². The molecular weight excluding hydrogens is 485 g/mol. The number of thioether (sulfide) groups is 2. The van der Waals surface area contributed by atoms with Gasteiger partial charge in [-0.3, -0.25) is 14.2 Å². The number of carbonyl (C=O) groups is 1. The number of thiophene rings is 1. The smallest absolute Gasteiger partial charge is 0.272 e. The Hall–Kier alpha value is -3.14. The van der Waals surface area contributed by atoms with Crippen LogP contribution in [0.1, 0.15) is 5.56 Å². The van der Waals surface area contributed by atoms with Gasteiger partial charge in [-0.2, -0.15) is 0 Å². The van der Waals surface area contributed by atoms with Crippen molar-refractivity contribution >= 4 is 66.9 Å². The molecule has 34 heavy (non-hydrogen) atoms. The zero-order chi connectivity index (χ0) is 23.5. The van der Waals surface area contributed by atoms with Gasteiger partial charge in [0.15, 0.2) is 5.16 Å². The number of amides is 1. The van der Waals surface area contributed by atoms with Crippen LogP contribution in [0.2, 0.25) is 0 Å². The number of hydrogen-bond acceptors (Lipinski definition) is 7. The highest BCUT2D eigenvalue weighted by Gasteiger charge is 2.18. The molecule has 5 aromatic rings. The molecule has 0 aliphatic carbocycles. The van der Waals surface area contributed by atoms with Crippen LogP contribution in [-0.4, -0.2) is 32.5 Å². The summed E-state index contributed by atoms with van der Waals surface area (Å²) in [5, 5.41) is 4.30. The lowest BCUT2D eigenvalue weighted by Gasteiger charge is -2.12. The van der Waals surface area contributed by atoms with Crippen LogP contribution in [0.15, 0.2) is 87.8 Å². The van der Waals surface area contributed by atoms with E-state index in [1.165, 1.54) is 23.1 Å². The van der Waals surface area contributed by atoms with Gasteiger partial charge in [-0.05, 0) is 42.2 Å². The maximum Gasteiger partial charge on any atom is 0.272 e. The average Bonchev–Trinajstić information content (AvgIpc) is 3.24. The maximum atomic E-state index is 13.5. The quantitative estimate of drug-likeness (QED) is 0.233. The molecule has 9 heteroatoms. The molecule has 0 aliphatic heterocycles. The summed E-state index contributed by atoms with van der Waals surface area (Å²) in [4.78, 5) is 37.3. The van der Waals surface area contributed by atoms with Crippen LogP contribution < -0.4 is 10.9 Å². The molecule has 0 unspecified atom stereocenters. The van der Waals surface area contributed by atoms with Crippen LogP contribution in [0.25, 0.3) is 20.4 Å². The fourth-order valence-electron chi connectivity index (χ4n) is 3.58. The Morgan fingerprint density at radius 3 is 2.76 bits per heavy atom. The molecule has 0 saturated carbocycles. The molecule has 170 valence electrons. The molecule has 0 radical (unpaired) electrons. The SMILES string of the molecule is CSc1cccc(NC(=O)CSc2nc3c(sc4ncccc43)c(=O)n2Cc2ccccc2)c1. The Morgan fingerprint density at radius 2 is 1.94 bits per heavy atom. The van der Waals surface area contributed by atoms with Crippen LogP contribution in [0.3, 0.4) is 0 Å². The second-order valence-corrected chi connectivity index (χ2v) is 10.3. The van der Waals surface area contributed by atoms with Gasteiger partial charge in [-0.1, -0.05) is 48.2 Å². The van der Waals surface area contributed by atoms with E-state index in [0.29, 0.717) is 21.9 Å². The molecule has 0 aliphatic rings. The molecule has 5 rings (SSSR count). The second-order valence-electron chi connectivity index (χ2n) is 7.48. The molecule has 3 aromatic heterocycles. The molecule has 6 nitrogen and oxygen atoms in total. The predicted octanol–water partition coefficient (Wildman–Crippen LogP) is 5.51. The number of benzene rings is 2. The number of aromatic nitrogens is 3. The Morgan fingerprint density at radius 1 is 1.09 bits per heavy atom. The molecule has 3 heterocycles. The Bertz CT molecular complexity index is 1550. The van der Waals surface area contributed by atoms with Gasteiger partial charge in [-0.15, -0.1) is 23.1 Å². The Labute approximate surface area is 208 Å². The van der Waals surface area contributed by atoms with Crippen LogP contribution in [0, 0.1) is 0 Å². The Balaban J connectivity index is 1.48. The lowest BCUT2D eigenvalue weighted by atomic mass is 10.2. The summed E-state index contributed by atoms with van der Waals surface area (Å²) < 4.78 is 2.23. The first kappa shape index (κ1) is 22.6. The van der Waals surface area contributed by atoms with Crippen molar-refractivity contribution < 1.29 is 4.79 Å². The lowest BCUT2D eigenvalue weighted by Crippen LogP contribution is -2.24. The van der Waals surface area contributed by atoms with Crippen molar-refractivity contribution in [1.29, 1.82) is 0 Å². The molecule has 0 saturated heterocycles. The molecule has 0 spiro atoms. The van der Waals surface area contributed by atoms with Gasteiger partial charge in [0.1, 0.15) is 9.53 Å². The maximum absolute atomic E-state index is 13.5. The van der Waals surface area contributed by atoms with E-state index >= 15 is 0 Å². The van der Waals surface area contributed by atoms with E-state index in [1.54, 1.807) is 22.5 Å². The van der Waals surface area contributed by atoms with Gasteiger partial charge < -0.3 is 5.32 Å². The van der Waals surface area contributed by atoms with Crippen molar-refractivity contribution in [3.05, 3.63) is 88.8 Å². The number of anilines is 1. The summed E-state index contributed by atoms with van der Waals surface area (Å²) in [6.45, 7) is 0.379. The fourth-order valence-corrected chi connectivity index (χ4v) is 5.87. The summed E-state index contributed by atoms with van der Waals surface area (Å²) >= 11 is 4.24. The van der Waals surface area contributed by atoms with Crippen molar-refractivity contribution in [3.63, 3.8) is 0 Å². The van der Waals surface area contributed by atoms with E-state index < -0.39 is 0 Å². The van der Waals surface area contributed by atoms with Crippen molar-refractivity contribution in [2.45, 2.75) is 16.6 Å². The highest BCUT2D eigenvalue weighted by atomic mass is 32.2. The standard InChI is InChI=1S/C25H20N4O2S3/c1-32-18-10-5-9-17(13-18)27-20(30)15-33-25-28-21-19-11-6-12-26-23(19)34-22(21)24(31)29(25)14-16-7-3-2-4-8-16/h2-13H,14-15H2,1H3,(H,27,30). The monoisotopic (exact) mass is 504 g/mol. The number of pyridine rings is 1. The number of rotatable bonds is 7. The number of carbonyl (C=O) groups excluding carboxylic acids is 1. The van der Waals surface area contributed by atoms with E-state index in [2.05, 4.69) is 10.3 Å². The summed E-state index contributed by atoms with van der Waals surface area (Å²) in [6, 6.07) is 21.3. The van der Waals surface area contributed by atoms with Crippen molar-refractivity contribution in [1.82, 2.24) is 14.5 Å². The van der Waals surface area contributed by atoms with Crippen molar-refractivity contribution in [3.8, 4) is 0 Å². The number of fused-ring (bicyclic) bond motifs is 3. The van der Waals surface area contributed by atoms with Crippen LogP contribution in [0.4, 0.5) is 5.69 Å². The van der Waals surface area contributed by atoms with Gasteiger partial charge in [0, 0.05) is 22.2 Å². The van der Waals surface area contributed by atoms with E-state index in [4.69, 9.17) is 4.98 Å². The minimum absolute atomic E-state index is 0.118. The molecular formula is C25H20N4O2S3. The van der Waals surface area contributed by atoms with Gasteiger partial charge in [0.2, 0.25) is 5.91 Å². The van der Waals surface area contributed by atoms with Gasteiger partial charge in [-0.25, -0.2) is 9.97 Å². The highest BCUT2D eigenvalue weighted by Crippen LogP contribution is 2.30. The first-order valence-corrected chi connectivity index (χ1v) is 13.5. The van der Waals surface area contributed by atoms with E-state index in [9.17, 15) is 9.59 Å². The third kappa shape index (κ3) is 4.72. The lowest BCUT2D eigenvalue weighted by molar-refractivity contribution is -0.113. The predicted molar refractivity (Wildman–Crippen MR) is 142 cm³/mol. The first-order valence-electron chi connectivity index (χ1n) is 10.5. The van der Waals surface area contributed by atoms with Crippen LogP contribution in [-0.2, 0) is 11.3 Å². The molecule has 0 atom stereocenters. The summed E-state index contributed by atoms with van der Waals surface area (Å²) in [6.07, 6.45) is 3.71. The van der Waals surface area contributed by atoms with E-state index in [0.717, 1.165) is 26.4 Å². The average molecular weight is 505 g/mol. The third-order valence-corrected chi connectivity index (χ3v) is 7.98. The number of hydrogen-bond donors (Lipinski definition) is 1.